The van der Waals surface area contributed by atoms with Gasteiger partial charge in [-0.25, -0.2) is 8.42 Å². The van der Waals surface area contributed by atoms with E-state index in [9.17, 15) is 13.2 Å². The van der Waals surface area contributed by atoms with E-state index in [2.05, 4.69) is 5.32 Å². The molecule has 0 unspecified atom stereocenters. The van der Waals surface area contributed by atoms with Gasteiger partial charge in [0.1, 0.15) is 0 Å². The third-order valence-corrected chi connectivity index (χ3v) is 3.27. The first-order valence-electron chi connectivity index (χ1n) is 5.88. The Labute approximate surface area is 113 Å². The number of hydrogen-bond acceptors (Lipinski definition) is 4. The van der Waals surface area contributed by atoms with E-state index in [1.807, 2.05) is 6.92 Å². The first kappa shape index (κ1) is 15.7. The average Bonchev–Trinajstić information content (AvgIpc) is 2.27. The van der Waals surface area contributed by atoms with Crippen LogP contribution in [0.5, 0.6) is 0 Å². The topological polar surface area (TPSA) is 72.5 Å². The largest absolute Gasteiger partial charge is 0.383 e. The van der Waals surface area contributed by atoms with Crippen LogP contribution in [0.3, 0.4) is 0 Å². The van der Waals surface area contributed by atoms with Gasteiger partial charge in [0, 0.05) is 25.0 Å². The minimum atomic E-state index is -3.10. The Morgan fingerprint density at radius 3 is 2.68 bits per heavy atom. The summed E-state index contributed by atoms with van der Waals surface area (Å²) >= 11 is 0. The molecular weight excluding hydrogens is 266 g/mol. The van der Waals surface area contributed by atoms with Crippen molar-refractivity contribution >= 4 is 15.7 Å². The molecule has 0 radical (unpaired) electrons. The highest BCUT2D eigenvalue weighted by atomic mass is 32.2. The zero-order valence-electron chi connectivity index (χ0n) is 11.3. The molecule has 0 aromatic heterocycles. The summed E-state index contributed by atoms with van der Waals surface area (Å²) in [5.74, 6) is -0.304. The average molecular weight is 285 g/mol. The van der Waals surface area contributed by atoms with Crippen LogP contribution >= 0.6 is 0 Å². The highest BCUT2D eigenvalue weighted by Crippen LogP contribution is 2.09. The van der Waals surface area contributed by atoms with Gasteiger partial charge in [-0.05, 0) is 24.6 Å². The van der Waals surface area contributed by atoms with E-state index < -0.39 is 9.84 Å². The molecule has 0 saturated carbocycles. The standard InChI is InChI=1S/C13H19NO4S/c1-10(8-18-2)14-13(15)12-6-4-5-11(7-12)9-19(3,16)17/h4-7,10H,8-9H2,1-3H3,(H,14,15)/t10-/m1/s1. The van der Waals surface area contributed by atoms with E-state index in [4.69, 9.17) is 4.74 Å². The van der Waals surface area contributed by atoms with Crippen LogP contribution in [0.1, 0.15) is 22.8 Å². The van der Waals surface area contributed by atoms with E-state index in [-0.39, 0.29) is 17.7 Å². The van der Waals surface area contributed by atoms with Crippen molar-refractivity contribution in [3.63, 3.8) is 0 Å². The van der Waals surface area contributed by atoms with Crippen molar-refractivity contribution < 1.29 is 17.9 Å². The fraction of sp³-hybridized carbons (Fsp3) is 0.462. The predicted molar refractivity (Wildman–Crippen MR) is 73.8 cm³/mol. The quantitative estimate of drug-likeness (QED) is 0.846. The van der Waals surface area contributed by atoms with Crippen LogP contribution in [0.25, 0.3) is 0 Å². The lowest BCUT2D eigenvalue weighted by atomic mass is 10.1. The van der Waals surface area contributed by atoms with Crippen molar-refractivity contribution in [2.45, 2.75) is 18.7 Å². The smallest absolute Gasteiger partial charge is 0.251 e. The number of benzene rings is 1. The van der Waals surface area contributed by atoms with Gasteiger partial charge in [0.15, 0.2) is 9.84 Å². The number of hydrogen-bond donors (Lipinski definition) is 1. The Hall–Kier alpha value is -1.40. The summed E-state index contributed by atoms with van der Waals surface area (Å²) in [6.07, 6.45) is 1.17. The van der Waals surface area contributed by atoms with E-state index in [1.54, 1.807) is 31.4 Å². The number of carbonyl (C=O) groups excluding carboxylic acids is 1. The molecule has 0 fully saturated rings. The zero-order valence-corrected chi connectivity index (χ0v) is 12.2. The maximum absolute atomic E-state index is 11.9. The first-order valence-corrected chi connectivity index (χ1v) is 7.94. The Morgan fingerprint density at radius 2 is 2.11 bits per heavy atom. The summed E-state index contributed by atoms with van der Waals surface area (Å²) in [7, 11) is -1.54. The molecule has 1 rings (SSSR count). The molecule has 106 valence electrons. The van der Waals surface area contributed by atoms with Crippen LogP contribution < -0.4 is 5.32 Å². The second-order valence-electron chi connectivity index (χ2n) is 4.60. The molecule has 0 saturated heterocycles. The molecule has 0 aliphatic rings. The maximum Gasteiger partial charge on any atom is 0.251 e. The third kappa shape index (κ3) is 5.85. The molecule has 5 nitrogen and oxygen atoms in total. The SMILES string of the molecule is COC[C@@H](C)NC(=O)c1cccc(CS(C)(=O)=O)c1. The van der Waals surface area contributed by atoms with Gasteiger partial charge in [-0.1, -0.05) is 12.1 Å². The highest BCUT2D eigenvalue weighted by molar-refractivity contribution is 7.89. The molecule has 6 heteroatoms. The van der Waals surface area contributed by atoms with Gasteiger partial charge in [-0.2, -0.15) is 0 Å². The second-order valence-corrected chi connectivity index (χ2v) is 6.74. The van der Waals surface area contributed by atoms with Gasteiger partial charge in [0.25, 0.3) is 5.91 Å². The molecular formula is C13H19NO4S. The molecule has 1 aromatic rings. The van der Waals surface area contributed by atoms with Gasteiger partial charge in [-0.3, -0.25) is 4.79 Å². The van der Waals surface area contributed by atoms with Crippen LogP contribution in [-0.2, 0) is 20.3 Å². The molecule has 1 aromatic carbocycles. The number of ether oxygens (including phenoxy) is 1. The van der Waals surface area contributed by atoms with E-state index in [0.717, 1.165) is 0 Å². The first-order chi connectivity index (χ1) is 8.81. The predicted octanol–water partition coefficient (Wildman–Crippen LogP) is 0.996. The van der Waals surface area contributed by atoms with Gasteiger partial charge in [-0.15, -0.1) is 0 Å². The Kier molecular flexibility index (Phi) is 5.50. The lowest BCUT2D eigenvalue weighted by Crippen LogP contribution is -2.35. The van der Waals surface area contributed by atoms with Crippen molar-refractivity contribution in [1.29, 1.82) is 0 Å². The molecule has 1 amide bonds. The molecule has 1 atom stereocenters. The van der Waals surface area contributed by atoms with Crippen molar-refractivity contribution in [2.24, 2.45) is 0 Å². The van der Waals surface area contributed by atoms with Crippen molar-refractivity contribution in [3.8, 4) is 0 Å². The monoisotopic (exact) mass is 285 g/mol. The Balaban J connectivity index is 2.78. The lowest BCUT2D eigenvalue weighted by molar-refractivity contribution is 0.0905. The summed E-state index contributed by atoms with van der Waals surface area (Å²) in [5.41, 5.74) is 1.05. The minimum absolute atomic E-state index is 0.0677. The summed E-state index contributed by atoms with van der Waals surface area (Å²) in [5, 5.41) is 2.77. The maximum atomic E-state index is 11.9. The molecule has 0 bridgehead atoms. The highest BCUT2D eigenvalue weighted by Gasteiger charge is 2.11. The molecule has 1 N–H and O–H groups in total. The number of methoxy groups -OCH3 is 1. The number of carbonyl (C=O) groups is 1. The van der Waals surface area contributed by atoms with Crippen molar-refractivity contribution in [3.05, 3.63) is 35.4 Å². The number of nitrogens with one attached hydrogen (secondary N) is 1. The van der Waals surface area contributed by atoms with Gasteiger partial charge in [0.2, 0.25) is 0 Å². The summed E-state index contributed by atoms with van der Waals surface area (Å²) in [6, 6.07) is 6.51. The van der Waals surface area contributed by atoms with Gasteiger partial charge >= 0.3 is 0 Å². The number of sulfone groups is 1. The van der Waals surface area contributed by atoms with Gasteiger partial charge in [0.05, 0.1) is 12.4 Å². The minimum Gasteiger partial charge on any atom is -0.383 e. The van der Waals surface area contributed by atoms with Crippen LogP contribution in [0.15, 0.2) is 24.3 Å². The van der Waals surface area contributed by atoms with Crippen LogP contribution in [0.2, 0.25) is 0 Å². The molecule has 0 aliphatic heterocycles. The summed E-state index contributed by atoms with van der Waals surface area (Å²) < 4.78 is 27.4. The van der Waals surface area contributed by atoms with E-state index >= 15 is 0 Å². The fourth-order valence-electron chi connectivity index (χ4n) is 1.70. The van der Waals surface area contributed by atoms with Crippen LogP contribution in [0.4, 0.5) is 0 Å². The molecule has 0 heterocycles. The number of amides is 1. The molecule has 0 aliphatic carbocycles. The fourth-order valence-corrected chi connectivity index (χ4v) is 2.49. The van der Waals surface area contributed by atoms with Crippen molar-refractivity contribution in [1.82, 2.24) is 5.32 Å². The normalized spacial score (nSPS) is 13.0. The zero-order chi connectivity index (χ0) is 14.5. The van der Waals surface area contributed by atoms with Crippen LogP contribution in [-0.4, -0.2) is 40.3 Å². The lowest BCUT2D eigenvalue weighted by Gasteiger charge is -2.13. The third-order valence-electron chi connectivity index (χ3n) is 2.41. The van der Waals surface area contributed by atoms with Crippen LogP contribution in [0, 0.1) is 0 Å². The molecule has 0 spiro atoms. The Bertz CT molecular complexity index is 539. The Morgan fingerprint density at radius 1 is 1.42 bits per heavy atom. The molecule has 19 heavy (non-hydrogen) atoms. The van der Waals surface area contributed by atoms with E-state index in [0.29, 0.717) is 17.7 Å². The summed E-state index contributed by atoms with van der Waals surface area (Å²) in [4.78, 5) is 11.9. The van der Waals surface area contributed by atoms with E-state index in [1.165, 1.54) is 6.26 Å². The van der Waals surface area contributed by atoms with Gasteiger partial charge < -0.3 is 10.1 Å². The second kappa shape index (κ2) is 6.68. The van der Waals surface area contributed by atoms with Crippen molar-refractivity contribution in [2.75, 3.05) is 20.0 Å². The summed E-state index contributed by atoms with van der Waals surface area (Å²) in [6.45, 7) is 2.26. The number of rotatable bonds is 6.